The van der Waals surface area contributed by atoms with Crippen LogP contribution in [0.5, 0.6) is 17.2 Å². The van der Waals surface area contributed by atoms with Crippen LogP contribution in [0, 0.1) is 6.92 Å². The molecule has 38 heavy (non-hydrogen) atoms. The highest BCUT2D eigenvalue weighted by Gasteiger charge is 2.47. The zero-order valence-corrected chi connectivity index (χ0v) is 21.1. The van der Waals surface area contributed by atoms with Crippen LogP contribution in [0.25, 0.3) is 5.76 Å². The maximum absolute atomic E-state index is 13.4. The van der Waals surface area contributed by atoms with Crippen LogP contribution in [0.15, 0.2) is 66.2 Å². The predicted octanol–water partition coefficient (Wildman–Crippen LogP) is 6.19. The van der Waals surface area contributed by atoms with Gasteiger partial charge in [-0.15, -0.1) is 13.2 Å². The highest BCUT2D eigenvalue weighted by Crippen LogP contribution is 2.45. The molecule has 0 saturated carbocycles. The van der Waals surface area contributed by atoms with Gasteiger partial charge in [-0.05, 0) is 42.8 Å². The number of carbonyl (C=O) groups is 2. The van der Waals surface area contributed by atoms with Gasteiger partial charge in [-0.2, -0.15) is 0 Å². The molecule has 7 nitrogen and oxygen atoms in total. The van der Waals surface area contributed by atoms with Gasteiger partial charge in [0.15, 0.2) is 0 Å². The second kappa shape index (κ2) is 10.3. The zero-order chi connectivity index (χ0) is 27.8. The summed E-state index contributed by atoms with van der Waals surface area (Å²) in [5.74, 6) is -2.71. The first-order chi connectivity index (χ1) is 17.9. The average molecular weight is 548 g/mol. The number of alkyl halides is 3. The highest BCUT2D eigenvalue weighted by molar-refractivity contribution is 6.51. The molecule has 1 atom stereocenters. The summed E-state index contributed by atoms with van der Waals surface area (Å²) >= 11 is 6.18. The Bertz CT molecular complexity index is 1440. The molecule has 198 valence electrons. The van der Waals surface area contributed by atoms with Gasteiger partial charge in [-0.3, -0.25) is 14.5 Å². The summed E-state index contributed by atoms with van der Waals surface area (Å²) < 4.78 is 52.4. The number of ketones is 1. The smallest absolute Gasteiger partial charge is 0.507 e. The number of methoxy groups -OCH3 is 2. The third-order valence-electron chi connectivity index (χ3n) is 5.88. The van der Waals surface area contributed by atoms with Gasteiger partial charge in [0.25, 0.3) is 11.7 Å². The van der Waals surface area contributed by atoms with Gasteiger partial charge in [-0.25, -0.2) is 0 Å². The largest absolute Gasteiger partial charge is 0.573 e. The number of nitrogens with zero attached hydrogens (tertiary/aromatic N) is 1. The number of anilines is 1. The summed E-state index contributed by atoms with van der Waals surface area (Å²) in [4.78, 5) is 27.8. The topological polar surface area (TPSA) is 85.3 Å². The fourth-order valence-corrected chi connectivity index (χ4v) is 4.48. The van der Waals surface area contributed by atoms with Crippen LogP contribution in [-0.2, 0) is 9.59 Å². The first-order valence-corrected chi connectivity index (χ1v) is 11.5. The summed E-state index contributed by atoms with van der Waals surface area (Å²) in [6.07, 6.45) is -4.90. The Hall–Kier alpha value is -4.18. The minimum atomic E-state index is -4.90. The van der Waals surface area contributed by atoms with Crippen LogP contribution in [0.4, 0.5) is 18.9 Å². The number of aryl methyl sites for hydroxylation is 1. The van der Waals surface area contributed by atoms with Crippen LogP contribution in [0.1, 0.15) is 22.7 Å². The molecule has 3 aromatic rings. The predicted molar refractivity (Wildman–Crippen MR) is 134 cm³/mol. The van der Waals surface area contributed by atoms with E-state index in [9.17, 15) is 27.9 Å². The molecule has 1 heterocycles. The average Bonchev–Trinajstić information content (AvgIpc) is 3.13. The maximum atomic E-state index is 13.4. The fraction of sp³-hybridized carbons (Fsp3) is 0.185. The molecule has 1 amide bonds. The molecular weight excluding hydrogens is 527 g/mol. The number of aliphatic hydroxyl groups excluding tert-OH is 1. The third-order valence-corrected chi connectivity index (χ3v) is 6.18. The minimum Gasteiger partial charge on any atom is -0.507 e. The van der Waals surface area contributed by atoms with E-state index >= 15 is 0 Å². The Kier molecular flexibility index (Phi) is 7.28. The molecule has 0 radical (unpaired) electrons. The summed E-state index contributed by atoms with van der Waals surface area (Å²) in [5, 5.41) is 11.6. The van der Waals surface area contributed by atoms with Crippen LogP contribution in [0.3, 0.4) is 0 Å². The number of rotatable bonds is 6. The number of Topliss-reactive ketones (excluding diaryl/α,β-unsaturated/α-hetero) is 1. The van der Waals surface area contributed by atoms with Crippen molar-refractivity contribution in [3.63, 3.8) is 0 Å². The summed E-state index contributed by atoms with van der Waals surface area (Å²) in [7, 11) is 2.71. The first kappa shape index (κ1) is 26.9. The van der Waals surface area contributed by atoms with E-state index in [1.54, 1.807) is 18.2 Å². The Labute approximate surface area is 220 Å². The fourth-order valence-electron chi connectivity index (χ4n) is 4.25. The molecule has 4 rings (SSSR count). The van der Waals surface area contributed by atoms with Crippen molar-refractivity contribution in [2.24, 2.45) is 0 Å². The van der Waals surface area contributed by atoms with E-state index in [-0.39, 0.29) is 33.3 Å². The summed E-state index contributed by atoms with van der Waals surface area (Å²) in [6, 6.07) is 13.1. The maximum Gasteiger partial charge on any atom is 0.573 e. The Morgan fingerprint density at radius 3 is 2.21 bits per heavy atom. The highest BCUT2D eigenvalue weighted by atomic mass is 35.5. The van der Waals surface area contributed by atoms with E-state index in [1.165, 1.54) is 38.5 Å². The molecule has 1 saturated heterocycles. The molecular formula is C27H21ClF3NO6. The number of hydrogen-bond donors (Lipinski definition) is 1. The van der Waals surface area contributed by atoms with Crippen LogP contribution in [0.2, 0.25) is 5.02 Å². The molecule has 3 aromatic carbocycles. The van der Waals surface area contributed by atoms with Crippen molar-refractivity contribution in [1.29, 1.82) is 0 Å². The number of carbonyl (C=O) groups excluding carboxylic acids is 2. The Morgan fingerprint density at radius 2 is 1.63 bits per heavy atom. The lowest BCUT2D eigenvalue weighted by Gasteiger charge is -2.26. The van der Waals surface area contributed by atoms with E-state index in [4.69, 9.17) is 21.1 Å². The first-order valence-electron chi connectivity index (χ1n) is 11.1. The molecule has 0 aromatic heterocycles. The molecule has 1 aliphatic rings. The van der Waals surface area contributed by atoms with Gasteiger partial charge in [0.1, 0.15) is 23.0 Å². The van der Waals surface area contributed by atoms with Crippen molar-refractivity contribution in [1.82, 2.24) is 0 Å². The quantitative estimate of drug-likeness (QED) is 0.225. The van der Waals surface area contributed by atoms with Gasteiger partial charge in [0, 0.05) is 11.8 Å². The van der Waals surface area contributed by atoms with Gasteiger partial charge in [0.05, 0.1) is 36.4 Å². The van der Waals surface area contributed by atoms with Crippen molar-refractivity contribution in [2.75, 3.05) is 19.1 Å². The molecule has 1 N–H and O–H groups in total. The van der Waals surface area contributed by atoms with Crippen LogP contribution < -0.4 is 19.1 Å². The summed E-state index contributed by atoms with van der Waals surface area (Å²) in [6.45, 7) is 1.81. The second-order valence-corrected chi connectivity index (χ2v) is 8.72. The van der Waals surface area contributed by atoms with Crippen LogP contribution in [-0.4, -0.2) is 37.4 Å². The van der Waals surface area contributed by atoms with Crippen molar-refractivity contribution >= 4 is 34.7 Å². The van der Waals surface area contributed by atoms with Crippen molar-refractivity contribution in [2.45, 2.75) is 19.3 Å². The van der Waals surface area contributed by atoms with Gasteiger partial charge in [-0.1, -0.05) is 41.4 Å². The van der Waals surface area contributed by atoms with Crippen LogP contribution >= 0.6 is 11.6 Å². The molecule has 1 aliphatic heterocycles. The van der Waals surface area contributed by atoms with E-state index in [0.717, 1.165) is 22.6 Å². The lowest BCUT2D eigenvalue weighted by atomic mass is 9.94. The summed E-state index contributed by atoms with van der Waals surface area (Å²) in [5.41, 5.74) is 1.22. The SMILES string of the molecule is COc1cc(/C(O)=C2\C(=O)C(=O)N(c3ccc(OC(F)(F)F)cc3)C2c2cccc(C)c2)c(OC)cc1Cl. The number of halogens is 4. The van der Waals surface area contributed by atoms with Crippen molar-refractivity contribution < 1.29 is 42.1 Å². The van der Waals surface area contributed by atoms with Gasteiger partial charge in [0.2, 0.25) is 0 Å². The molecule has 0 aliphatic carbocycles. The third kappa shape index (κ3) is 5.12. The Morgan fingerprint density at radius 1 is 0.974 bits per heavy atom. The van der Waals surface area contributed by atoms with Gasteiger partial charge < -0.3 is 19.3 Å². The standard InChI is InChI=1S/C27H21ClF3NO6/c1-14-5-4-6-15(11-14)23-22(24(33)18-12-21(37-3)19(28)13-20(18)36-2)25(34)26(35)32(23)16-7-9-17(10-8-16)38-27(29,30)31/h4-13,23,33H,1-3H3/b24-22+. The minimum absolute atomic E-state index is 0.0540. The number of benzene rings is 3. The normalized spacial score (nSPS) is 17.0. The molecule has 1 unspecified atom stereocenters. The number of ether oxygens (including phenoxy) is 3. The number of hydrogen-bond acceptors (Lipinski definition) is 6. The van der Waals surface area contributed by atoms with Crippen molar-refractivity contribution in [3.8, 4) is 17.2 Å². The number of amides is 1. The van der Waals surface area contributed by atoms with E-state index < -0.39 is 35.6 Å². The monoisotopic (exact) mass is 547 g/mol. The molecule has 0 bridgehead atoms. The molecule has 0 spiro atoms. The Balaban J connectivity index is 1.92. The van der Waals surface area contributed by atoms with Gasteiger partial charge >= 0.3 is 6.36 Å². The van der Waals surface area contributed by atoms with E-state index in [1.807, 2.05) is 13.0 Å². The van der Waals surface area contributed by atoms with Crippen molar-refractivity contribution in [3.05, 3.63) is 87.9 Å². The lowest BCUT2D eigenvalue weighted by molar-refractivity contribution is -0.274. The number of aliphatic hydroxyl groups is 1. The molecule has 1 fully saturated rings. The molecule has 11 heteroatoms. The lowest BCUT2D eigenvalue weighted by Crippen LogP contribution is -2.29. The van der Waals surface area contributed by atoms with E-state index in [0.29, 0.717) is 5.56 Å². The second-order valence-electron chi connectivity index (χ2n) is 8.31. The zero-order valence-electron chi connectivity index (χ0n) is 20.3. The van der Waals surface area contributed by atoms with E-state index in [2.05, 4.69) is 4.74 Å².